The van der Waals surface area contributed by atoms with Crippen molar-refractivity contribution in [3.05, 3.63) is 45.8 Å². The van der Waals surface area contributed by atoms with Gasteiger partial charge < -0.3 is 10.2 Å². The Morgan fingerprint density at radius 1 is 1.16 bits per heavy atom. The van der Waals surface area contributed by atoms with E-state index in [1.165, 1.54) is 23.3 Å². The van der Waals surface area contributed by atoms with Crippen molar-refractivity contribution in [1.82, 2.24) is 0 Å². The average Bonchev–Trinajstić information content (AvgIpc) is 3.48. The topological polar surface area (TPSA) is 79.9 Å². The predicted octanol–water partition coefficient (Wildman–Crippen LogP) is 5.24. The van der Waals surface area contributed by atoms with Crippen LogP contribution in [0.4, 0.5) is 10.7 Å². The molecule has 6 heteroatoms. The van der Waals surface area contributed by atoms with Gasteiger partial charge in [-0.1, -0.05) is 24.1 Å². The van der Waals surface area contributed by atoms with E-state index in [1.54, 1.807) is 0 Å². The lowest BCUT2D eigenvalue weighted by Gasteiger charge is -2.20. The smallest absolute Gasteiger partial charge is 0.228 e. The Morgan fingerprint density at radius 3 is 2.52 bits per heavy atom. The molecule has 31 heavy (non-hydrogen) atoms. The molecule has 2 saturated carbocycles. The first kappa shape index (κ1) is 21.4. The molecule has 2 aliphatic rings. The number of nitrogens with one attached hydrogen (secondary N) is 1. The van der Waals surface area contributed by atoms with Crippen LogP contribution in [0.1, 0.15) is 53.7 Å². The Bertz CT molecular complexity index is 1040. The maximum atomic E-state index is 12.9. The summed E-state index contributed by atoms with van der Waals surface area (Å²) in [7, 11) is 2.06. The second kappa shape index (κ2) is 9.12. The number of carbonyl (C=O) groups is 1. The van der Waals surface area contributed by atoms with Crippen LogP contribution in [-0.4, -0.2) is 19.5 Å². The van der Waals surface area contributed by atoms with Gasteiger partial charge in [0.15, 0.2) is 0 Å². The van der Waals surface area contributed by atoms with Gasteiger partial charge in [-0.3, -0.25) is 4.79 Å². The summed E-state index contributed by atoms with van der Waals surface area (Å²) >= 11 is 1.40. The van der Waals surface area contributed by atoms with Gasteiger partial charge in [0.05, 0.1) is 5.56 Å². The van der Waals surface area contributed by atoms with Gasteiger partial charge in [-0.15, -0.1) is 11.3 Å². The zero-order valence-corrected chi connectivity index (χ0v) is 19.0. The molecule has 1 amide bonds. The number of nitrogens with zero attached hydrogens (tertiary/aromatic N) is 3. The molecule has 3 atom stereocenters. The third-order valence-electron chi connectivity index (χ3n) is 6.89. The second-order valence-corrected chi connectivity index (χ2v) is 10.1. The van der Waals surface area contributed by atoms with Crippen LogP contribution >= 0.6 is 11.3 Å². The maximum absolute atomic E-state index is 12.9. The summed E-state index contributed by atoms with van der Waals surface area (Å²) in [6.45, 7) is 2.92. The molecule has 1 N–H and O–H groups in total. The summed E-state index contributed by atoms with van der Waals surface area (Å²) in [6, 6.07) is 12.8. The number of carbonyl (C=O) groups excluding carboxylic acids is 1. The van der Waals surface area contributed by atoms with Gasteiger partial charge in [-0.2, -0.15) is 10.5 Å². The molecule has 0 radical (unpaired) electrons. The van der Waals surface area contributed by atoms with Gasteiger partial charge in [0, 0.05) is 30.1 Å². The minimum Gasteiger partial charge on any atom is -0.375 e. The van der Waals surface area contributed by atoms with E-state index in [4.69, 9.17) is 0 Å². The molecule has 0 unspecified atom stereocenters. The van der Waals surface area contributed by atoms with Gasteiger partial charge in [-0.05, 0) is 63.0 Å². The molecule has 4 rings (SSSR count). The zero-order chi connectivity index (χ0) is 22.0. The van der Waals surface area contributed by atoms with Crippen LogP contribution in [0.2, 0.25) is 0 Å². The van der Waals surface area contributed by atoms with Crippen LogP contribution in [0.3, 0.4) is 0 Å². The van der Waals surface area contributed by atoms with Crippen molar-refractivity contribution in [2.24, 2.45) is 17.8 Å². The van der Waals surface area contributed by atoms with E-state index in [2.05, 4.69) is 60.6 Å². The third-order valence-corrected chi connectivity index (χ3v) is 8.05. The van der Waals surface area contributed by atoms with Crippen molar-refractivity contribution in [2.75, 3.05) is 23.8 Å². The number of hydrogen-bond donors (Lipinski definition) is 1. The lowest BCUT2D eigenvalue weighted by atomic mass is 9.88. The van der Waals surface area contributed by atoms with Gasteiger partial charge in [-0.25, -0.2) is 0 Å². The summed E-state index contributed by atoms with van der Waals surface area (Å²) in [6.07, 6.45) is 6.09. The van der Waals surface area contributed by atoms with Gasteiger partial charge >= 0.3 is 0 Å². The fourth-order valence-electron chi connectivity index (χ4n) is 5.14. The van der Waals surface area contributed by atoms with Crippen LogP contribution < -0.4 is 10.2 Å². The highest BCUT2D eigenvalue weighted by Crippen LogP contribution is 2.49. The molecule has 1 heterocycles. The fourth-order valence-corrected chi connectivity index (χ4v) is 6.29. The summed E-state index contributed by atoms with van der Waals surface area (Å²) in [5.74, 6) is 1.27. The Labute approximate surface area is 188 Å². The van der Waals surface area contributed by atoms with E-state index in [-0.39, 0.29) is 11.8 Å². The van der Waals surface area contributed by atoms with Gasteiger partial charge in [0.2, 0.25) is 5.91 Å². The number of amides is 1. The summed E-state index contributed by atoms with van der Waals surface area (Å²) in [5.41, 5.74) is 3.15. The number of fused-ring (bicyclic) bond motifs is 2. The lowest BCUT2D eigenvalue weighted by molar-refractivity contribution is -0.121. The lowest BCUT2D eigenvalue weighted by Crippen LogP contribution is -2.27. The quantitative estimate of drug-likeness (QED) is 0.648. The second-order valence-electron chi connectivity index (χ2n) is 8.96. The third kappa shape index (κ3) is 4.45. The number of nitriles is 2. The van der Waals surface area contributed by atoms with Gasteiger partial charge in [0.1, 0.15) is 22.7 Å². The zero-order valence-electron chi connectivity index (χ0n) is 18.1. The van der Waals surface area contributed by atoms with Crippen LogP contribution in [0.5, 0.6) is 0 Å². The molecule has 2 fully saturated rings. The van der Waals surface area contributed by atoms with Gasteiger partial charge in [0.25, 0.3) is 0 Å². The van der Waals surface area contributed by atoms with Crippen LogP contribution in [-0.2, 0) is 11.2 Å². The van der Waals surface area contributed by atoms with Crippen molar-refractivity contribution in [1.29, 1.82) is 10.5 Å². The first-order chi connectivity index (χ1) is 15.0. The van der Waals surface area contributed by atoms with Crippen molar-refractivity contribution in [3.8, 4) is 12.1 Å². The number of thiophene rings is 1. The largest absolute Gasteiger partial charge is 0.375 e. The monoisotopic (exact) mass is 432 g/mol. The molecule has 0 saturated heterocycles. The van der Waals surface area contributed by atoms with E-state index < -0.39 is 0 Å². The highest BCUT2D eigenvalue weighted by Gasteiger charge is 2.43. The molecule has 0 aliphatic heterocycles. The Hall–Kier alpha value is -2.83. The van der Waals surface area contributed by atoms with Crippen LogP contribution in [0.15, 0.2) is 24.3 Å². The fraction of sp³-hybridized carbons (Fsp3) is 0.480. The molecule has 0 spiro atoms. The number of benzene rings is 1. The summed E-state index contributed by atoms with van der Waals surface area (Å²) in [4.78, 5) is 15.9. The highest BCUT2D eigenvalue weighted by atomic mass is 32.1. The molecule has 1 aromatic carbocycles. The standard InChI is InChI=1S/C25H28N4OS/c1-16-5-9-19(10-6-16)29(2)11-3-4-23-21(14-26)22(15-27)25(31-23)28-24(30)20-13-17-7-8-18(20)12-17/h5-6,9-10,17-18,20H,3-4,7-8,11-13H2,1-2H3,(H,28,30)/t17-,18+,20-/m1/s1. The van der Waals surface area contributed by atoms with Crippen molar-refractivity contribution >= 4 is 27.9 Å². The first-order valence-electron chi connectivity index (χ1n) is 11.0. The predicted molar refractivity (Wildman–Crippen MR) is 124 cm³/mol. The Morgan fingerprint density at radius 2 is 1.90 bits per heavy atom. The van der Waals surface area contributed by atoms with Crippen molar-refractivity contribution in [3.63, 3.8) is 0 Å². The van der Waals surface area contributed by atoms with Crippen molar-refractivity contribution in [2.45, 2.75) is 45.4 Å². The van der Waals surface area contributed by atoms with E-state index in [9.17, 15) is 15.3 Å². The van der Waals surface area contributed by atoms with E-state index >= 15 is 0 Å². The molecule has 2 bridgehead atoms. The SMILES string of the molecule is Cc1ccc(N(C)CCCc2sc(NC(=O)[C@@H]3C[C@@H]4CC[C@H]3C4)c(C#N)c2C#N)cc1. The molecular weight excluding hydrogens is 404 g/mol. The van der Waals surface area contributed by atoms with E-state index in [1.807, 2.05) is 0 Å². The maximum Gasteiger partial charge on any atom is 0.228 e. The normalized spacial score (nSPS) is 21.5. The minimum absolute atomic E-state index is 0.0279. The average molecular weight is 433 g/mol. The molecule has 160 valence electrons. The van der Waals surface area contributed by atoms with E-state index in [0.717, 1.165) is 42.8 Å². The number of anilines is 2. The Balaban J connectivity index is 1.41. The number of rotatable bonds is 7. The highest BCUT2D eigenvalue weighted by molar-refractivity contribution is 7.16. The van der Waals surface area contributed by atoms with Crippen molar-refractivity contribution < 1.29 is 4.79 Å². The molecule has 2 aliphatic carbocycles. The van der Waals surface area contributed by atoms with E-state index in [0.29, 0.717) is 34.4 Å². The number of aryl methyl sites for hydroxylation is 2. The minimum atomic E-state index is 0.0279. The number of hydrogen-bond acceptors (Lipinski definition) is 5. The summed E-state index contributed by atoms with van der Waals surface area (Å²) in [5, 5.41) is 22.9. The molecular formula is C25H28N4OS. The molecule has 1 aromatic heterocycles. The molecule has 2 aromatic rings. The molecule has 5 nitrogen and oxygen atoms in total. The first-order valence-corrected chi connectivity index (χ1v) is 11.9. The van der Waals surface area contributed by atoms with Crippen LogP contribution in [0.25, 0.3) is 0 Å². The van der Waals surface area contributed by atoms with Crippen LogP contribution in [0, 0.1) is 47.3 Å². The summed E-state index contributed by atoms with van der Waals surface area (Å²) < 4.78 is 0. The Kier molecular flexibility index (Phi) is 6.30.